The molecular weight excluding hydrogens is 348 g/mol. The molecule has 0 aromatic heterocycles. The molecule has 0 aliphatic carbocycles. The van der Waals surface area contributed by atoms with Crippen molar-refractivity contribution in [1.29, 1.82) is 0 Å². The highest BCUT2D eigenvalue weighted by Gasteiger charge is 2.17. The molecule has 0 saturated carbocycles. The van der Waals surface area contributed by atoms with Crippen LogP contribution in [0.1, 0.15) is 22.0 Å². The third kappa shape index (κ3) is 3.99. The van der Waals surface area contributed by atoms with Crippen LogP contribution in [0, 0.1) is 0 Å². The normalized spacial score (nSPS) is 16.9. The summed E-state index contributed by atoms with van der Waals surface area (Å²) in [6.07, 6.45) is -0.776. The summed E-state index contributed by atoms with van der Waals surface area (Å²) in [6, 6.07) is 12.8. The summed E-state index contributed by atoms with van der Waals surface area (Å²) in [4.78, 5) is 14.6. The van der Waals surface area contributed by atoms with Crippen molar-refractivity contribution >= 4 is 11.6 Å². The molecule has 0 radical (unpaired) electrons. The van der Waals surface area contributed by atoms with E-state index in [2.05, 4.69) is 10.2 Å². The van der Waals surface area contributed by atoms with Gasteiger partial charge in [0.1, 0.15) is 0 Å². The van der Waals surface area contributed by atoms with Gasteiger partial charge in [-0.2, -0.15) is 0 Å². The lowest BCUT2D eigenvalue weighted by atomic mass is 10.1. The zero-order chi connectivity index (χ0) is 18.6. The van der Waals surface area contributed by atoms with Gasteiger partial charge in [0.25, 0.3) is 5.91 Å². The molecule has 2 heterocycles. The van der Waals surface area contributed by atoms with E-state index in [4.69, 9.17) is 14.2 Å². The number of aliphatic hydroxyl groups excluding tert-OH is 1. The van der Waals surface area contributed by atoms with Gasteiger partial charge in [-0.3, -0.25) is 4.79 Å². The van der Waals surface area contributed by atoms with E-state index in [-0.39, 0.29) is 19.2 Å². The maximum Gasteiger partial charge on any atom is 0.251 e. The number of hydrogen-bond acceptors (Lipinski definition) is 6. The molecule has 1 unspecified atom stereocenters. The fraction of sp³-hybridized carbons (Fsp3) is 0.350. The maximum atomic E-state index is 12.3. The summed E-state index contributed by atoms with van der Waals surface area (Å²) >= 11 is 0. The Hall–Kier alpha value is -2.77. The first-order valence-corrected chi connectivity index (χ1v) is 8.99. The number of hydrogen-bond donors (Lipinski definition) is 2. The molecule has 0 spiro atoms. The molecular formula is C20H22N2O5. The van der Waals surface area contributed by atoms with Crippen molar-refractivity contribution in [1.82, 2.24) is 5.32 Å². The van der Waals surface area contributed by atoms with E-state index in [1.807, 2.05) is 24.3 Å². The van der Waals surface area contributed by atoms with E-state index in [9.17, 15) is 9.90 Å². The Labute approximate surface area is 157 Å². The van der Waals surface area contributed by atoms with Crippen LogP contribution in [0.4, 0.5) is 5.69 Å². The molecule has 2 N–H and O–H groups in total. The summed E-state index contributed by atoms with van der Waals surface area (Å²) in [5, 5.41) is 13.1. The van der Waals surface area contributed by atoms with Crippen LogP contribution < -0.4 is 19.7 Å². The molecule has 7 heteroatoms. The van der Waals surface area contributed by atoms with E-state index in [1.165, 1.54) is 0 Å². The minimum Gasteiger partial charge on any atom is -0.454 e. The average Bonchev–Trinajstić information content (AvgIpc) is 3.20. The number of benzene rings is 2. The standard InChI is InChI=1S/C20H22N2O5/c23-17(14-1-4-16(5-2-14)22-7-9-25-10-8-22)12-21-20(24)15-3-6-18-19(11-15)27-13-26-18/h1-6,11,17,23H,7-10,12-13H2,(H,21,24). The number of ether oxygens (including phenoxy) is 3. The number of morpholine rings is 1. The molecule has 0 bridgehead atoms. The summed E-state index contributed by atoms with van der Waals surface area (Å²) in [5.41, 5.74) is 2.34. The second kappa shape index (κ2) is 7.85. The van der Waals surface area contributed by atoms with Gasteiger partial charge in [0, 0.05) is 30.9 Å². The molecule has 2 aliphatic heterocycles. The summed E-state index contributed by atoms with van der Waals surface area (Å²) in [5.74, 6) is 0.922. The van der Waals surface area contributed by atoms with Gasteiger partial charge in [-0.1, -0.05) is 12.1 Å². The van der Waals surface area contributed by atoms with Crippen molar-refractivity contribution < 1.29 is 24.1 Å². The van der Waals surface area contributed by atoms with Gasteiger partial charge in [-0.25, -0.2) is 0 Å². The van der Waals surface area contributed by atoms with Gasteiger partial charge in [-0.15, -0.1) is 0 Å². The predicted molar refractivity (Wildman–Crippen MR) is 99.3 cm³/mol. The summed E-state index contributed by atoms with van der Waals surface area (Å²) in [7, 11) is 0. The zero-order valence-corrected chi connectivity index (χ0v) is 14.9. The van der Waals surface area contributed by atoms with Crippen molar-refractivity contribution in [2.75, 3.05) is 44.5 Å². The minimum atomic E-state index is -0.776. The highest BCUT2D eigenvalue weighted by Crippen LogP contribution is 2.32. The lowest BCUT2D eigenvalue weighted by Crippen LogP contribution is -2.36. The van der Waals surface area contributed by atoms with Gasteiger partial charge in [0.05, 0.1) is 19.3 Å². The fourth-order valence-electron chi connectivity index (χ4n) is 3.18. The fourth-order valence-corrected chi connectivity index (χ4v) is 3.18. The zero-order valence-electron chi connectivity index (χ0n) is 14.9. The number of nitrogens with one attached hydrogen (secondary N) is 1. The highest BCUT2D eigenvalue weighted by molar-refractivity contribution is 5.94. The molecule has 2 aromatic carbocycles. The van der Waals surface area contributed by atoms with E-state index in [0.29, 0.717) is 17.1 Å². The molecule has 1 fully saturated rings. The molecule has 1 saturated heterocycles. The third-order valence-corrected chi connectivity index (χ3v) is 4.74. The Kier molecular flexibility index (Phi) is 5.13. The Balaban J connectivity index is 1.33. The molecule has 2 aromatic rings. The largest absolute Gasteiger partial charge is 0.454 e. The molecule has 4 rings (SSSR count). The van der Waals surface area contributed by atoms with Crippen LogP contribution in [0.5, 0.6) is 11.5 Å². The number of fused-ring (bicyclic) bond motifs is 1. The number of amides is 1. The first-order chi connectivity index (χ1) is 13.2. The van der Waals surface area contributed by atoms with E-state index < -0.39 is 6.10 Å². The van der Waals surface area contributed by atoms with E-state index in [1.54, 1.807) is 18.2 Å². The highest BCUT2D eigenvalue weighted by atomic mass is 16.7. The Morgan fingerprint density at radius 2 is 1.81 bits per heavy atom. The van der Waals surface area contributed by atoms with Crippen molar-refractivity contribution in [3.05, 3.63) is 53.6 Å². The second-order valence-electron chi connectivity index (χ2n) is 6.48. The molecule has 27 heavy (non-hydrogen) atoms. The van der Waals surface area contributed by atoms with Crippen LogP contribution in [-0.2, 0) is 4.74 Å². The van der Waals surface area contributed by atoms with Crippen molar-refractivity contribution in [3.8, 4) is 11.5 Å². The quantitative estimate of drug-likeness (QED) is 0.834. The van der Waals surface area contributed by atoms with Gasteiger partial charge < -0.3 is 29.5 Å². The lowest BCUT2D eigenvalue weighted by molar-refractivity contribution is 0.0916. The van der Waals surface area contributed by atoms with Gasteiger partial charge in [0.15, 0.2) is 11.5 Å². The number of rotatable bonds is 5. The smallest absolute Gasteiger partial charge is 0.251 e. The Bertz CT molecular complexity index is 803. The number of carbonyl (C=O) groups excluding carboxylic acids is 1. The average molecular weight is 370 g/mol. The summed E-state index contributed by atoms with van der Waals surface area (Å²) < 4.78 is 15.9. The van der Waals surface area contributed by atoms with Crippen molar-refractivity contribution in [3.63, 3.8) is 0 Å². The van der Waals surface area contributed by atoms with E-state index in [0.717, 1.165) is 37.6 Å². The number of carbonyl (C=O) groups is 1. The van der Waals surface area contributed by atoms with Gasteiger partial charge in [0.2, 0.25) is 6.79 Å². The second-order valence-corrected chi connectivity index (χ2v) is 6.48. The van der Waals surface area contributed by atoms with Gasteiger partial charge >= 0.3 is 0 Å². The van der Waals surface area contributed by atoms with Crippen LogP contribution in [0.3, 0.4) is 0 Å². The first-order valence-electron chi connectivity index (χ1n) is 8.99. The Morgan fingerprint density at radius 3 is 2.59 bits per heavy atom. The molecule has 2 aliphatic rings. The number of nitrogens with zero attached hydrogens (tertiary/aromatic N) is 1. The molecule has 142 valence electrons. The minimum absolute atomic E-state index is 0.129. The third-order valence-electron chi connectivity index (χ3n) is 4.74. The lowest BCUT2D eigenvalue weighted by Gasteiger charge is -2.29. The number of aliphatic hydroxyl groups is 1. The van der Waals surface area contributed by atoms with Crippen LogP contribution in [-0.4, -0.2) is 50.7 Å². The van der Waals surface area contributed by atoms with Crippen LogP contribution in [0.15, 0.2) is 42.5 Å². The predicted octanol–water partition coefficient (Wildman–Crippen LogP) is 1.72. The SMILES string of the molecule is O=C(NCC(O)c1ccc(N2CCOCC2)cc1)c1ccc2c(c1)OCO2. The number of anilines is 1. The van der Waals surface area contributed by atoms with Crippen LogP contribution >= 0.6 is 0 Å². The van der Waals surface area contributed by atoms with Crippen LogP contribution in [0.2, 0.25) is 0 Å². The molecule has 1 amide bonds. The van der Waals surface area contributed by atoms with Crippen LogP contribution in [0.25, 0.3) is 0 Å². The van der Waals surface area contributed by atoms with Crippen molar-refractivity contribution in [2.24, 2.45) is 0 Å². The molecule has 1 atom stereocenters. The van der Waals surface area contributed by atoms with Crippen molar-refractivity contribution in [2.45, 2.75) is 6.10 Å². The molecule has 7 nitrogen and oxygen atoms in total. The first kappa shape index (κ1) is 17.6. The summed E-state index contributed by atoms with van der Waals surface area (Å²) in [6.45, 7) is 3.50. The van der Waals surface area contributed by atoms with Gasteiger partial charge in [-0.05, 0) is 35.9 Å². The Morgan fingerprint density at radius 1 is 1.07 bits per heavy atom. The van der Waals surface area contributed by atoms with E-state index >= 15 is 0 Å². The monoisotopic (exact) mass is 370 g/mol. The maximum absolute atomic E-state index is 12.3. The topological polar surface area (TPSA) is 80.3 Å².